The third-order valence-corrected chi connectivity index (χ3v) is 2.90. The minimum atomic E-state index is 0.123. The van der Waals surface area contributed by atoms with Gasteiger partial charge in [0.15, 0.2) is 5.78 Å². The zero-order chi connectivity index (χ0) is 9.42. The molecule has 1 heterocycles. The van der Waals surface area contributed by atoms with Crippen LogP contribution in [-0.2, 0) is 11.2 Å². The second kappa shape index (κ2) is 3.42. The lowest BCUT2D eigenvalue weighted by Gasteiger charge is -2.17. The summed E-state index contributed by atoms with van der Waals surface area (Å²) in [5.74, 6) is 0.917. The summed E-state index contributed by atoms with van der Waals surface area (Å²) in [5.41, 5.74) is 0.942. The van der Waals surface area contributed by atoms with Crippen LogP contribution in [0, 0.1) is 0 Å². The summed E-state index contributed by atoms with van der Waals surface area (Å²) in [7, 11) is 0. The molecule has 2 nitrogen and oxygen atoms in total. The van der Waals surface area contributed by atoms with E-state index in [1.165, 1.54) is 0 Å². The molecule has 1 aromatic rings. The van der Waals surface area contributed by atoms with Gasteiger partial charge in [-0.05, 0) is 28.1 Å². The standard InChI is InChI=1S/C9H6Br2O2/c10-6-1-5-2-7(12)4-13-9(5)8(11)3-6/h1,3H,2,4H2. The van der Waals surface area contributed by atoms with Crippen LogP contribution in [0.2, 0.25) is 0 Å². The zero-order valence-electron chi connectivity index (χ0n) is 6.64. The molecule has 0 fully saturated rings. The first-order valence-electron chi connectivity index (χ1n) is 3.79. The van der Waals surface area contributed by atoms with E-state index in [-0.39, 0.29) is 12.4 Å². The highest BCUT2D eigenvalue weighted by Gasteiger charge is 2.19. The van der Waals surface area contributed by atoms with E-state index >= 15 is 0 Å². The van der Waals surface area contributed by atoms with Crippen LogP contribution >= 0.6 is 31.9 Å². The summed E-state index contributed by atoms with van der Waals surface area (Å²) in [6, 6.07) is 3.83. The average Bonchev–Trinajstić information content (AvgIpc) is 2.02. The largest absolute Gasteiger partial charge is 0.484 e. The van der Waals surface area contributed by atoms with Gasteiger partial charge in [-0.2, -0.15) is 0 Å². The van der Waals surface area contributed by atoms with Crippen LogP contribution in [0.3, 0.4) is 0 Å². The molecule has 0 amide bonds. The predicted octanol–water partition coefficient (Wildman–Crippen LogP) is 2.72. The molecule has 4 heteroatoms. The minimum absolute atomic E-state index is 0.123. The van der Waals surface area contributed by atoms with Gasteiger partial charge in [0, 0.05) is 16.5 Å². The molecule has 1 aliphatic heterocycles. The lowest BCUT2D eigenvalue weighted by atomic mass is 10.1. The monoisotopic (exact) mass is 304 g/mol. The zero-order valence-corrected chi connectivity index (χ0v) is 9.81. The topological polar surface area (TPSA) is 26.3 Å². The second-order valence-corrected chi connectivity index (χ2v) is 4.65. The fourth-order valence-corrected chi connectivity index (χ4v) is 2.75. The van der Waals surface area contributed by atoms with Crippen LogP contribution < -0.4 is 4.74 Å². The molecule has 68 valence electrons. The number of carbonyl (C=O) groups is 1. The number of fused-ring (bicyclic) bond motifs is 1. The number of benzene rings is 1. The van der Waals surface area contributed by atoms with Gasteiger partial charge < -0.3 is 4.74 Å². The van der Waals surface area contributed by atoms with Crippen molar-refractivity contribution in [1.82, 2.24) is 0 Å². The van der Waals surface area contributed by atoms with E-state index in [2.05, 4.69) is 31.9 Å². The van der Waals surface area contributed by atoms with Crippen LogP contribution in [0.15, 0.2) is 21.1 Å². The van der Waals surface area contributed by atoms with E-state index in [0.29, 0.717) is 6.42 Å². The Morgan fingerprint density at radius 2 is 2.08 bits per heavy atom. The maximum absolute atomic E-state index is 11.1. The summed E-state index contributed by atoms with van der Waals surface area (Å²) in [4.78, 5) is 11.1. The van der Waals surface area contributed by atoms with E-state index in [9.17, 15) is 4.79 Å². The first-order valence-corrected chi connectivity index (χ1v) is 5.38. The molecule has 1 aromatic carbocycles. The summed E-state index contributed by atoms with van der Waals surface area (Å²) in [6.07, 6.45) is 0.466. The van der Waals surface area contributed by atoms with Gasteiger partial charge in [-0.3, -0.25) is 4.79 Å². The summed E-state index contributed by atoms with van der Waals surface area (Å²) in [5, 5.41) is 0. The molecule has 0 N–H and O–H groups in total. The number of halogens is 2. The third kappa shape index (κ3) is 1.79. The van der Waals surface area contributed by atoms with Crippen LogP contribution in [-0.4, -0.2) is 12.4 Å². The maximum atomic E-state index is 11.1. The Bertz CT molecular complexity index is 374. The highest BCUT2D eigenvalue weighted by Crippen LogP contribution is 2.35. The lowest BCUT2D eigenvalue weighted by molar-refractivity contribution is -0.121. The van der Waals surface area contributed by atoms with Crippen molar-refractivity contribution in [3.8, 4) is 5.75 Å². The van der Waals surface area contributed by atoms with Crippen molar-refractivity contribution in [2.75, 3.05) is 6.61 Å². The van der Waals surface area contributed by atoms with Gasteiger partial charge >= 0.3 is 0 Å². The van der Waals surface area contributed by atoms with Crippen molar-refractivity contribution in [1.29, 1.82) is 0 Å². The Hall–Kier alpha value is -0.350. The summed E-state index contributed by atoms with van der Waals surface area (Å²) < 4.78 is 7.15. The van der Waals surface area contributed by atoms with E-state index in [4.69, 9.17) is 4.74 Å². The molecule has 0 saturated carbocycles. The van der Waals surface area contributed by atoms with E-state index in [1.807, 2.05) is 12.1 Å². The minimum Gasteiger partial charge on any atom is -0.484 e. The molecular weight excluding hydrogens is 300 g/mol. The molecule has 2 rings (SSSR count). The molecule has 1 aliphatic rings. The van der Waals surface area contributed by atoms with E-state index < -0.39 is 0 Å². The molecular formula is C9H6Br2O2. The van der Waals surface area contributed by atoms with Gasteiger partial charge in [0.2, 0.25) is 0 Å². The average molecular weight is 306 g/mol. The highest BCUT2D eigenvalue weighted by atomic mass is 79.9. The van der Waals surface area contributed by atoms with E-state index in [0.717, 1.165) is 20.3 Å². The van der Waals surface area contributed by atoms with Gasteiger partial charge in [0.1, 0.15) is 12.4 Å². The molecule has 0 bridgehead atoms. The number of hydrogen-bond acceptors (Lipinski definition) is 2. The number of Topliss-reactive ketones (excluding diaryl/α,β-unsaturated/α-hetero) is 1. The SMILES string of the molecule is O=C1COc2c(Br)cc(Br)cc2C1. The highest BCUT2D eigenvalue weighted by molar-refractivity contribution is 9.11. The fraction of sp³-hybridized carbons (Fsp3) is 0.222. The van der Waals surface area contributed by atoms with Gasteiger partial charge in [0.25, 0.3) is 0 Å². The number of ketones is 1. The molecule has 0 saturated heterocycles. The van der Waals surface area contributed by atoms with Gasteiger partial charge in [-0.15, -0.1) is 0 Å². The Morgan fingerprint density at radius 3 is 2.85 bits per heavy atom. The molecule has 0 spiro atoms. The van der Waals surface area contributed by atoms with Crippen molar-refractivity contribution in [2.45, 2.75) is 6.42 Å². The van der Waals surface area contributed by atoms with Gasteiger partial charge in [-0.1, -0.05) is 15.9 Å². The predicted molar refractivity (Wildman–Crippen MR) is 56.0 cm³/mol. The molecule has 0 radical (unpaired) electrons. The number of rotatable bonds is 0. The second-order valence-electron chi connectivity index (χ2n) is 2.88. The number of hydrogen-bond donors (Lipinski definition) is 0. The normalized spacial score (nSPS) is 15.1. The molecule has 0 aliphatic carbocycles. The maximum Gasteiger partial charge on any atom is 0.174 e. The summed E-state index contributed by atoms with van der Waals surface area (Å²) >= 11 is 6.75. The quantitative estimate of drug-likeness (QED) is 0.737. The smallest absolute Gasteiger partial charge is 0.174 e. The third-order valence-electron chi connectivity index (χ3n) is 1.85. The Balaban J connectivity index is 2.53. The van der Waals surface area contributed by atoms with Crippen molar-refractivity contribution in [2.24, 2.45) is 0 Å². The Morgan fingerprint density at radius 1 is 1.31 bits per heavy atom. The van der Waals surface area contributed by atoms with Crippen molar-refractivity contribution in [3.63, 3.8) is 0 Å². The van der Waals surface area contributed by atoms with Crippen LogP contribution in [0.5, 0.6) is 5.75 Å². The molecule has 0 atom stereocenters. The fourth-order valence-electron chi connectivity index (χ4n) is 1.32. The van der Waals surface area contributed by atoms with E-state index in [1.54, 1.807) is 0 Å². The Kier molecular flexibility index (Phi) is 2.43. The van der Waals surface area contributed by atoms with Gasteiger partial charge in [-0.25, -0.2) is 0 Å². The first kappa shape index (κ1) is 9.21. The van der Waals surface area contributed by atoms with Crippen LogP contribution in [0.1, 0.15) is 5.56 Å². The molecule has 0 unspecified atom stereocenters. The summed E-state index contributed by atoms with van der Waals surface area (Å²) in [6.45, 7) is 0.188. The van der Waals surface area contributed by atoms with Crippen molar-refractivity contribution < 1.29 is 9.53 Å². The number of carbonyl (C=O) groups excluding carboxylic acids is 1. The van der Waals surface area contributed by atoms with Gasteiger partial charge in [0.05, 0.1) is 4.47 Å². The van der Waals surface area contributed by atoms with Crippen LogP contribution in [0.25, 0.3) is 0 Å². The first-order chi connectivity index (χ1) is 6.16. The Labute approximate surface area is 92.5 Å². The number of ether oxygens (including phenoxy) is 1. The molecule has 13 heavy (non-hydrogen) atoms. The van der Waals surface area contributed by atoms with Crippen molar-refractivity contribution >= 4 is 37.6 Å². The van der Waals surface area contributed by atoms with Crippen molar-refractivity contribution in [3.05, 3.63) is 26.6 Å². The van der Waals surface area contributed by atoms with Crippen LogP contribution in [0.4, 0.5) is 0 Å². The lowest BCUT2D eigenvalue weighted by Crippen LogP contribution is -2.20. The molecule has 0 aromatic heterocycles.